The Hall–Kier alpha value is -2.41. The van der Waals surface area contributed by atoms with E-state index in [-0.39, 0.29) is 41.8 Å². The van der Waals surface area contributed by atoms with Gasteiger partial charge in [0.25, 0.3) is 0 Å². The Morgan fingerprint density at radius 3 is 2.18 bits per heavy atom. The summed E-state index contributed by atoms with van der Waals surface area (Å²) < 4.78 is 5.77. The van der Waals surface area contributed by atoms with Crippen molar-refractivity contribution in [2.24, 2.45) is 11.8 Å². The van der Waals surface area contributed by atoms with Gasteiger partial charge in [0.05, 0.1) is 12.2 Å². The molecule has 7 nitrogen and oxygen atoms in total. The van der Waals surface area contributed by atoms with Crippen LogP contribution >= 0.6 is 0 Å². The van der Waals surface area contributed by atoms with Crippen LogP contribution in [0.15, 0.2) is 24.3 Å². The highest BCUT2D eigenvalue weighted by atomic mass is 16.5. The molecular weight excluding hydrogens is 430 g/mol. The van der Waals surface area contributed by atoms with Crippen LogP contribution < -0.4 is 0 Å². The van der Waals surface area contributed by atoms with Gasteiger partial charge in [-0.1, -0.05) is 38.1 Å². The molecule has 7 heteroatoms. The van der Waals surface area contributed by atoms with Gasteiger partial charge in [-0.3, -0.25) is 14.4 Å². The van der Waals surface area contributed by atoms with Crippen molar-refractivity contribution in [3.8, 4) is 0 Å². The topological polar surface area (TPSA) is 70.2 Å². The first-order chi connectivity index (χ1) is 16.2. The van der Waals surface area contributed by atoms with Crippen LogP contribution in [-0.2, 0) is 32.1 Å². The molecule has 3 aliphatic heterocycles. The molecule has 3 atom stereocenters. The molecule has 0 aliphatic carbocycles. The zero-order valence-electron chi connectivity index (χ0n) is 21.0. The lowest BCUT2D eigenvalue weighted by atomic mass is 9.90. The molecule has 3 aliphatic rings. The minimum absolute atomic E-state index is 0.0196. The number of morpholine rings is 1. The smallest absolute Gasteiger partial charge is 0.245 e. The van der Waals surface area contributed by atoms with E-state index in [2.05, 4.69) is 12.1 Å². The van der Waals surface area contributed by atoms with Crippen LogP contribution in [0.1, 0.15) is 58.1 Å². The number of carbonyl (C=O) groups excluding carboxylic acids is 3. The maximum Gasteiger partial charge on any atom is 0.245 e. The Bertz CT molecular complexity index is 899. The monoisotopic (exact) mass is 469 g/mol. The van der Waals surface area contributed by atoms with E-state index in [0.29, 0.717) is 58.4 Å². The van der Waals surface area contributed by atoms with Crippen LogP contribution in [0.4, 0.5) is 0 Å². The number of benzene rings is 1. The molecular formula is C27H39N3O4. The molecule has 0 aromatic heterocycles. The zero-order valence-corrected chi connectivity index (χ0v) is 21.0. The van der Waals surface area contributed by atoms with E-state index in [1.165, 1.54) is 0 Å². The van der Waals surface area contributed by atoms with Crippen molar-refractivity contribution in [3.63, 3.8) is 0 Å². The van der Waals surface area contributed by atoms with Crippen LogP contribution in [-0.4, -0.2) is 76.9 Å². The first-order valence-corrected chi connectivity index (χ1v) is 12.8. The van der Waals surface area contributed by atoms with Crippen molar-refractivity contribution in [2.75, 3.05) is 26.2 Å². The molecule has 186 valence electrons. The van der Waals surface area contributed by atoms with Gasteiger partial charge in [0.2, 0.25) is 17.7 Å². The van der Waals surface area contributed by atoms with Crippen LogP contribution in [0.3, 0.4) is 0 Å². The summed E-state index contributed by atoms with van der Waals surface area (Å²) in [4.78, 5) is 45.4. The number of likely N-dealkylation sites (tertiary alicyclic amines) is 1. The second-order valence-corrected chi connectivity index (χ2v) is 10.7. The molecule has 0 saturated carbocycles. The van der Waals surface area contributed by atoms with Gasteiger partial charge in [-0.05, 0) is 43.7 Å². The molecule has 34 heavy (non-hydrogen) atoms. The summed E-state index contributed by atoms with van der Waals surface area (Å²) in [5.41, 5.74) is 2.27. The quantitative estimate of drug-likeness (QED) is 0.680. The lowest BCUT2D eigenvalue weighted by Crippen LogP contribution is -2.56. The van der Waals surface area contributed by atoms with E-state index in [4.69, 9.17) is 4.74 Å². The minimum atomic E-state index is -0.464. The molecule has 2 fully saturated rings. The van der Waals surface area contributed by atoms with E-state index < -0.39 is 6.04 Å². The molecule has 3 heterocycles. The number of fused-ring (bicyclic) bond motifs is 1. The number of hydrogen-bond acceptors (Lipinski definition) is 4. The highest BCUT2D eigenvalue weighted by molar-refractivity contribution is 5.89. The van der Waals surface area contributed by atoms with Crippen molar-refractivity contribution in [1.29, 1.82) is 0 Å². The summed E-state index contributed by atoms with van der Waals surface area (Å²) in [5.74, 6) is 0.448. The van der Waals surface area contributed by atoms with E-state index in [9.17, 15) is 14.4 Å². The number of piperidine rings is 1. The molecule has 2 saturated heterocycles. The number of amides is 3. The number of nitrogens with zero attached hydrogens (tertiary/aromatic N) is 3. The Kier molecular flexibility index (Phi) is 7.60. The van der Waals surface area contributed by atoms with Crippen molar-refractivity contribution < 1.29 is 19.1 Å². The van der Waals surface area contributed by atoms with E-state index in [0.717, 1.165) is 11.1 Å². The highest BCUT2D eigenvalue weighted by Crippen LogP contribution is 2.28. The fourth-order valence-corrected chi connectivity index (χ4v) is 5.65. The second-order valence-electron chi connectivity index (χ2n) is 10.7. The number of carbonyl (C=O) groups is 3. The van der Waals surface area contributed by atoms with Crippen molar-refractivity contribution in [2.45, 2.75) is 78.2 Å². The van der Waals surface area contributed by atoms with Gasteiger partial charge in [0.15, 0.2) is 0 Å². The second kappa shape index (κ2) is 10.5. The lowest BCUT2D eigenvalue weighted by Gasteiger charge is -2.42. The van der Waals surface area contributed by atoms with Gasteiger partial charge < -0.3 is 19.4 Å². The van der Waals surface area contributed by atoms with Crippen molar-refractivity contribution in [3.05, 3.63) is 35.4 Å². The van der Waals surface area contributed by atoms with Crippen molar-refractivity contribution >= 4 is 17.7 Å². The number of hydrogen-bond donors (Lipinski definition) is 0. The maximum atomic E-state index is 13.6. The summed E-state index contributed by atoms with van der Waals surface area (Å²) in [7, 11) is 0. The van der Waals surface area contributed by atoms with E-state index in [1.807, 2.05) is 49.6 Å². The Balaban J connectivity index is 1.41. The normalized spacial score (nSPS) is 25.9. The van der Waals surface area contributed by atoms with Crippen molar-refractivity contribution in [1.82, 2.24) is 14.7 Å². The average molecular weight is 470 g/mol. The van der Waals surface area contributed by atoms with Gasteiger partial charge in [-0.25, -0.2) is 0 Å². The fourth-order valence-electron chi connectivity index (χ4n) is 5.65. The molecule has 0 N–H and O–H groups in total. The Labute approximate surface area is 203 Å². The first kappa shape index (κ1) is 24.7. The molecule has 1 aromatic carbocycles. The summed E-state index contributed by atoms with van der Waals surface area (Å²) in [6.07, 6.45) is 2.46. The Morgan fingerprint density at radius 1 is 0.941 bits per heavy atom. The Morgan fingerprint density at radius 2 is 1.56 bits per heavy atom. The number of ether oxygens (including phenoxy) is 1. The van der Waals surface area contributed by atoms with E-state index in [1.54, 1.807) is 4.90 Å². The zero-order chi connectivity index (χ0) is 24.4. The summed E-state index contributed by atoms with van der Waals surface area (Å²) in [5, 5.41) is 0. The largest absolute Gasteiger partial charge is 0.372 e. The van der Waals surface area contributed by atoms with Gasteiger partial charge in [0, 0.05) is 51.5 Å². The molecule has 1 aromatic rings. The molecule has 3 amide bonds. The average Bonchev–Trinajstić information content (AvgIpc) is 2.81. The van der Waals surface area contributed by atoms with Gasteiger partial charge in [-0.15, -0.1) is 0 Å². The molecule has 0 bridgehead atoms. The predicted octanol–water partition coefficient (Wildman–Crippen LogP) is 2.86. The fraction of sp³-hybridized carbons (Fsp3) is 0.667. The van der Waals surface area contributed by atoms with Crippen LogP contribution in [0.5, 0.6) is 0 Å². The van der Waals surface area contributed by atoms with Gasteiger partial charge in [0.1, 0.15) is 6.04 Å². The predicted molar refractivity (Wildman–Crippen MR) is 130 cm³/mol. The molecule has 0 radical (unpaired) electrons. The third-order valence-corrected chi connectivity index (χ3v) is 7.32. The maximum absolute atomic E-state index is 13.6. The molecule has 3 unspecified atom stereocenters. The SMILES string of the molecule is CC(C)CC(=O)N1Cc2ccccc2CC1C(=O)N1CCC(C(=O)N2CC(C)OC(C)C2)CC1. The summed E-state index contributed by atoms with van der Waals surface area (Å²) in [6, 6.07) is 7.64. The third kappa shape index (κ3) is 5.45. The number of rotatable bonds is 4. The third-order valence-electron chi connectivity index (χ3n) is 7.32. The first-order valence-electron chi connectivity index (χ1n) is 12.8. The van der Waals surface area contributed by atoms with Gasteiger partial charge >= 0.3 is 0 Å². The van der Waals surface area contributed by atoms with Crippen LogP contribution in [0.25, 0.3) is 0 Å². The minimum Gasteiger partial charge on any atom is -0.372 e. The summed E-state index contributed by atoms with van der Waals surface area (Å²) in [6.45, 7) is 11.0. The van der Waals surface area contributed by atoms with Crippen LogP contribution in [0, 0.1) is 11.8 Å². The van der Waals surface area contributed by atoms with Crippen LogP contribution in [0.2, 0.25) is 0 Å². The molecule has 0 spiro atoms. The highest BCUT2D eigenvalue weighted by Gasteiger charge is 2.39. The molecule has 4 rings (SSSR count). The summed E-state index contributed by atoms with van der Waals surface area (Å²) >= 11 is 0. The standard InChI is InChI=1S/C27H39N3O4/c1-18(2)13-25(31)30-17-23-8-6-5-7-22(23)14-24(30)27(33)28-11-9-21(10-12-28)26(32)29-15-19(3)34-20(4)16-29/h5-8,18-21,24H,9-17H2,1-4H3. The van der Waals surface area contributed by atoms with Gasteiger partial charge in [-0.2, -0.15) is 0 Å². The van der Waals surface area contributed by atoms with E-state index >= 15 is 0 Å². The lowest BCUT2D eigenvalue weighted by molar-refractivity contribution is -0.152.